The first-order chi connectivity index (χ1) is 16.9. The molecule has 0 spiro atoms. The van der Waals surface area contributed by atoms with Crippen LogP contribution >= 0.6 is 23.2 Å². The molecule has 0 aromatic heterocycles. The van der Waals surface area contributed by atoms with E-state index in [0.29, 0.717) is 45.1 Å². The van der Waals surface area contributed by atoms with E-state index >= 15 is 0 Å². The topological polar surface area (TPSA) is 98.2 Å². The summed E-state index contributed by atoms with van der Waals surface area (Å²) in [4.78, 5) is 24.0. The third kappa shape index (κ3) is 7.63. The molecule has 0 atom stereocenters. The molecule has 0 saturated heterocycles. The van der Waals surface area contributed by atoms with Gasteiger partial charge in [0.1, 0.15) is 0 Å². The van der Waals surface area contributed by atoms with Gasteiger partial charge in [0, 0.05) is 5.69 Å². The molecule has 1 amide bonds. The second-order valence-electron chi connectivity index (χ2n) is 7.04. The number of amides is 1. The highest BCUT2D eigenvalue weighted by atomic mass is 35.5. The summed E-state index contributed by atoms with van der Waals surface area (Å²) in [6.45, 7) is 1.79. The minimum absolute atomic E-state index is 0.234. The smallest absolute Gasteiger partial charge is 0.338 e. The van der Waals surface area contributed by atoms with Gasteiger partial charge in [-0.2, -0.15) is 5.10 Å². The summed E-state index contributed by atoms with van der Waals surface area (Å²) >= 11 is 11.9. The maximum absolute atomic E-state index is 12.3. The zero-order valence-corrected chi connectivity index (χ0v) is 20.5. The van der Waals surface area contributed by atoms with Gasteiger partial charge in [0.05, 0.1) is 41.2 Å². The summed E-state index contributed by atoms with van der Waals surface area (Å²) < 4.78 is 15.9. The number of anilines is 2. The van der Waals surface area contributed by atoms with Gasteiger partial charge in [0.2, 0.25) is 0 Å². The molecule has 0 saturated carbocycles. The Balaban J connectivity index is 1.54. The maximum atomic E-state index is 12.3. The molecule has 10 heteroatoms. The summed E-state index contributed by atoms with van der Waals surface area (Å²) in [6.07, 6.45) is 1.60. The van der Waals surface area contributed by atoms with Crippen LogP contribution in [0.5, 0.6) is 11.5 Å². The summed E-state index contributed by atoms with van der Waals surface area (Å²) in [6, 6.07) is 16.6. The Morgan fingerprint density at radius 1 is 0.943 bits per heavy atom. The van der Waals surface area contributed by atoms with Crippen LogP contribution in [0.3, 0.4) is 0 Å². The van der Waals surface area contributed by atoms with Gasteiger partial charge in [-0.05, 0) is 73.2 Å². The quantitative estimate of drug-likeness (QED) is 0.206. The fourth-order valence-electron chi connectivity index (χ4n) is 2.88. The number of ether oxygens (including phenoxy) is 3. The predicted octanol–water partition coefficient (Wildman–Crippen LogP) is 5.64. The van der Waals surface area contributed by atoms with E-state index in [4.69, 9.17) is 37.4 Å². The van der Waals surface area contributed by atoms with Crippen LogP contribution in [0.2, 0.25) is 10.0 Å². The van der Waals surface area contributed by atoms with Gasteiger partial charge >= 0.3 is 5.97 Å². The number of hydrogen-bond donors (Lipinski definition) is 2. The van der Waals surface area contributed by atoms with Crippen LogP contribution in [0, 0.1) is 0 Å². The lowest BCUT2D eigenvalue weighted by molar-refractivity contribution is -0.118. The van der Waals surface area contributed by atoms with Crippen molar-refractivity contribution in [3.63, 3.8) is 0 Å². The summed E-state index contributed by atoms with van der Waals surface area (Å²) in [5.74, 6) is 0.0526. The highest BCUT2D eigenvalue weighted by molar-refractivity contribution is 6.42. The third-order valence-electron chi connectivity index (χ3n) is 4.55. The Labute approximate surface area is 212 Å². The molecule has 35 heavy (non-hydrogen) atoms. The Kier molecular flexibility index (Phi) is 9.34. The molecule has 182 valence electrons. The van der Waals surface area contributed by atoms with Crippen molar-refractivity contribution < 1.29 is 23.8 Å². The molecular weight excluding hydrogens is 493 g/mol. The van der Waals surface area contributed by atoms with Crippen molar-refractivity contribution in [2.45, 2.75) is 6.92 Å². The molecule has 0 heterocycles. The van der Waals surface area contributed by atoms with Crippen LogP contribution in [-0.4, -0.2) is 38.4 Å². The lowest BCUT2D eigenvalue weighted by atomic mass is 10.2. The minimum Gasteiger partial charge on any atom is -0.493 e. The number of esters is 1. The first-order valence-corrected chi connectivity index (χ1v) is 11.3. The number of nitrogens with one attached hydrogen (secondary N) is 2. The average Bonchev–Trinajstić information content (AvgIpc) is 2.86. The van der Waals surface area contributed by atoms with Crippen LogP contribution in [0.1, 0.15) is 22.8 Å². The van der Waals surface area contributed by atoms with Crippen LogP contribution in [0.4, 0.5) is 11.4 Å². The number of hydrogen-bond acceptors (Lipinski definition) is 7. The molecule has 3 rings (SSSR count). The van der Waals surface area contributed by atoms with E-state index in [-0.39, 0.29) is 12.5 Å². The molecule has 0 unspecified atom stereocenters. The molecule has 0 aliphatic carbocycles. The Morgan fingerprint density at radius 2 is 1.69 bits per heavy atom. The van der Waals surface area contributed by atoms with Crippen molar-refractivity contribution >= 4 is 52.7 Å². The number of methoxy groups -OCH3 is 1. The van der Waals surface area contributed by atoms with E-state index in [2.05, 4.69) is 15.8 Å². The number of benzene rings is 3. The maximum Gasteiger partial charge on any atom is 0.338 e. The van der Waals surface area contributed by atoms with Crippen molar-refractivity contribution in [2.75, 3.05) is 31.1 Å². The fourth-order valence-corrected chi connectivity index (χ4v) is 3.17. The van der Waals surface area contributed by atoms with E-state index in [0.717, 1.165) is 5.56 Å². The van der Waals surface area contributed by atoms with Gasteiger partial charge in [-0.1, -0.05) is 23.2 Å². The van der Waals surface area contributed by atoms with E-state index in [1.807, 2.05) is 0 Å². The third-order valence-corrected chi connectivity index (χ3v) is 5.29. The van der Waals surface area contributed by atoms with Gasteiger partial charge in [-0.25, -0.2) is 4.79 Å². The molecule has 3 aromatic rings. The Bertz CT molecular complexity index is 1220. The number of carbonyl (C=O) groups is 2. The molecule has 0 fully saturated rings. The van der Waals surface area contributed by atoms with Crippen molar-refractivity contribution in [1.82, 2.24) is 0 Å². The molecule has 0 radical (unpaired) electrons. The molecule has 0 aliphatic rings. The zero-order valence-electron chi connectivity index (χ0n) is 19.0. The van der Waals surface area contributed by atoms with E-state index in [1.54, 1.807) is 73.8 Å². The predicted molar refractivity (Wildman–Crippen MR) is 137 cm³/mol. The highest BCUT2D eigenvalue weighted by Crippen LogP contribution is 2.28. The number of rotatable bonds is 10. The molecule has 0 aliphatic heterocycles. The number of halogens is 2. The van der Waals surface area contributed by atoms with Crippen molar-refractivity contribution in [3.05, 3.63) is 81.8 Å². The number of nitrogens with zero attached hydrogens (tertiary/aromatic N) is 1. The fraction of sp³-hybridized carbons (Fsp3) is 0.160. The van der Waals surface area contributed by atoms with Crippen LogP contribution < -0.4 is 20.2 Å². The second-order valence-corrected chi connectivity index (χ2v) is 7.86. The largest absolute Gasteiger partial charge is 0.493 e. The van der Waals surface area contributed by atoms with Crippen molar-refractivity contribution in [3.8, 4) is 11.5 Å². The zero-order chi connectivity index (χ0) is 25.2. The van der Waals surface area contributed by atoms with Crippen LogP contribution in [-0.2, 0) is 9.53 Å². The van der Waals surface area contributed by atoms with E-state index in [9.17, 15) is 9.59 Å². The molecule has 2 N–H and O–H groups in total. The van der Waals surface area contributed by atoms with Crippen LogP contribution in [0.15, 0.2) is 65.8 Å². The van der Waals surface area contributed by atoms with Gasteiger partial charge in [0.15, 0.2) is 18.1 Å². The van der Waals surface area contributed by atoms with Gasteiger partial charge in [-0.3, -0.25) is 10.2 Å². The van der Waals surface area contributed by atoms with E-state index in [1.165, 1.54) is 7.11 Å². The lowest BCUT2D eigenvalue weighted by Crippen LogP contribution is -2.20. The van der Waals surface area contributed by atoms with Crippen LogP contribution in [0.25, 0.3) is 0 Å². The van der Waals surface area contributed by atoms with Gasteiger partial charge in [0.25, 0.3) is 5.91 Å². The van der Waals surface area contributed by atoms with Crippen molar-refractivity contribution in [2.24, 2.45) is 5.10 Å². The summed E-state index contributed by atoms with van der Waals surface area (Å²) in [5.41, 5.74) is 5.23. The van der Waals surface area contributed by atoms with E-state index < -0.39 is 5.97 Å². The second kappa shape index (κ2) is 12.6. The minimum atomic E-state index is -0.417. The Morgan fingerprint density at radius 3 is 2.37 bits per heavy atom. The summed E-state index contributed by atoms with van der Waals surface area (Å²) in [7, 11) is 1.50. The number of carbonyl (C=O) groups excluding carboxylic acids is 2. The molecule has 3 aromatic carbocycles. The molecule has 8 nitrogen and oxygen atoms in total. The molecular formula is C25H23Cl2N3O5. The Hall–Kier alpha value is -3.75. The molecule has 0 bridgehead atoms. The standard InChI is InChI=1S/C25H23Cl2N3O5/c1-3-34-25(32)17-5-7-18(8-6-17)29-24(31)15-35-22-11-4-16(12-23(22)33-2)14-28-30-19-9-10-20(26)21(27)13-19/h4-14,30H,3,15H2,1-2H3,(H,29,31)/b28-14-. The van der Waals surface area contributed by atoms with Crippen molar-refractivity contribution in [1.29, 1.82) is 0 Å². The highest BCUT2D eigenvalue weighted by Gasteiger charge is 2.10. The van der Waals surface area contributed by atoms with Gasteiger partial charge in [-0.15, -0.1) is 0 Å². The first kappa shape index (κ1) is 25.9. The summed E-state index contributed by atoms with van der Waals surface area (Å²) in [5, 5.41) is 7.76. The average molecular weight is 516 g/mol. The SMILES string of the molecule is CCOC(=O)c1ccc(NC(=O)COc2ccc(/C=N\Nc3ccc(Cl)c(Cl)c3)cc2OC)cc1. The number of hydrazone groups is 1. The first-order valence-electron chi connectivity index (χ1n) is 10.5. The monoisotopic (exact) mass is 515 g/mol. The normalized spacial score (nSPS) is 10.6. The lowest BCUT2D eigenvalue weighted by Gasteiger charge is -2.12. The van der Waals surface area contributed by atoms with Gasteiger partial charge < -0.3 is 19.5 Å².